The topological polar surface area (TPSA) is 32.7 Å². The summed E-state index contributed by atoms with van der Waals surface area (Å²) >= 11 is 0. The van der Waals surface area contributed by atoms with Crippen LogP contribution < -0.4 is 0 Å². The molecule has 0 spiro atoms. The second-order valence-electron chi connectivity index (χ2n) is 5.84. The van der Waals surface area contributed by atoms with E-state index in [0.717, 1.165) is 32.4 Å². The van der Waals surface area contributed by atoms with Gasteiger partial charge < -0.3 is 9.84 Å². The molecule has 17 heavy (non-hydrogen) atoms. The molecule has 3 heteroatoms. The van der Waals surface area contributed by atoms with Gasteiger partial charge >= 0.3 is 0 Å². The monoisotopic (exact) mass is 241 g/mol. The first-order valence-electron chi connectivity index (χ1n) is 7.24. The number of hydrogen-bond acceptors (Lipinski definition) is 3. The van der Waals surface area contributed by atoms with Crippen LogP contribution in [0.4, 0.5) is 0 Å². The molecule has 0 radical (unpaired) electrons. The maximum atomic E-state index is 10.1. The van der Waals surface area contributed by atoms with Gasteiger partial charge in [0.2, 0.25) is 0 Å². The molecule has 2 aliphatic rings. The molecule has 1 aliphatic heterocycles. The average molecular weight is 241 g/mol. The molecule has 2 fully saturated rings. The lowest BCUT2D eigenvalue weighted by Crippen LogP contribution is -2.50. The van der Waals surface area contributed by atoms with E-state index in [2.05, 4.69) is 18.7 Å². The largest absolute Gasteiger partial charge is 0.391 e. The van der Waals surface area contributed by atoms with E-state index in [1.807, 2.05) is 0 Å². The van der Waals surface area contributed by atoms with Gasteiger partial charge in [0.15, 0.2) is 0 Å². The molecule has 3 nitrogen and oxygen atoms in total. The molecule has 100 valence electrons. The molecule has 0 bridgehead atoms. The van der Waals surface area contributed by atoms with E-state index in [9.17, 15) is 5.11 Å². The Kier molecular flexibility index (Phi) is 4.83. The van der Waals surface area contributed by atoms with Crippen LogP contribution in [0.3, 0.4) is 0 Å². The third-order valence-electron chi connectivity index (χ3n) is 4.10. The second-order valence-corrected chi connectivity index (χ2v) is 5.84. The molecular weight excluding hydrogens is 214 g/mol. The Balaban J connectivity index is 1.78. The number of rotatable bonds is 3. The van der Waals surface area contributed by atoms with Gasteiger partial charge in [0.1, 0.15) is 0 Å². The van der Waals surface area contributed by atoms with Crippen LogP contribution in [0.5, 0.6) is 0 Å². The molecule has 1 saturated heterocycles. The number of aliphatic hydroxyl groups excluding tert-OH is 1. The summed E-state index contributed by atoms with van der Waals surface area (Å²) < 4.78 is 5.86. The SMILES string of the molecule is CC(C)OC1CCN([C@H]2CCCC[C@@H]2O)CC1. The van der Waals surface area contributed by atoms with Gasteiger partial charge in [0.25, 0.3) is 0 Å². The minimum Gasteiger partial charge on any atom is -0.391 e. The fourth-order valence-corrected chi connectivity index (χ4v) is 3.25. The van der Waals surface area contributed by atoms with Gasteiger partial charge in [-0.05, 0) is 39.5 Å². The fraction of sp³-hybridized carbons (Fsp3) is 1.00. The summed E-state index contributed by atoms with van der Waals surface area (Å²) in [5.41, 5.74) is 0. The van der Waals surface area contributed by atoms with E-state index >= 15 is 0 Å². The van der Waals surface area contributed by atoms with Gasteiger partial charge in [-0.3, -0.25) is 4.90 Å². The summed E-state index contributed by atoms with van der Waals surface area (Å²) in [5, 5.41) is 10.1. The van der Waals surface area contributed by atoms with Crippen LogP contribution in [0.2, 0.25) is 0 Å². The van der Waals surface area contributed by atoms with Gasteiger partial charge in [0, 0.05) is 19.1 Å². The number of piperidine rings is 1. The first-order valence-corrected chi connectivity index (χ1v) is 7.24. The van der Waals surface area contributed by atoms with E-state index in [0.29, 0.717) is 18.2 Å². The Labute approximate surface area is 105 Å². The van der Waals surface area contributed by atoms with Crippen molar-refractivity contribution >= 4 is 0 Å². The van der Waals surface area contributed by atoms with Gasteiger partial charge in [-0.25, -0.2) is 0 Å². The summed E-state index contributed by atoms with van der Waals surface area (Å²) in [7, 11) is 0. The van der Waals surface area contributed by atoms with Crippen LogP contribution in [0, 0.1) is 0 Å². The third-order valence-corrected chi connectivity index (χ3v) is 4.10. The molecule has 1 heterocycles. The first kappa shape index (κ1) is 13.3. The molecule has 2 rings (SSSR count). The maximum absolute atomic E-state index is 10.1. The zero-order valence-electron chi connectivity index (χ0n) is 11.3. The Morgan fingerprint density at radius 2 is 1.71 bits per heavy atom. The van der Waals surface area contributed by atoms with E-state index in [1.165, 1.54) is 19.3 Å². The van der Waals surface area contributed by atoms with Crippen molar-refractivity contribution in [2.24, 2.45) is 0 Å². The van der Waals surface area contributed by atoms with Crippen molar-refractivity contribution in [3.8, 4) is 0 Å². The fourth-order valence-electron chi connectivity index (χ4n) is 3.25. The highest BCUT2D eigenvalue weighted by Gasteiger charge is 2.31. The minimum atomic E-state index is -0.0914. The van der Waals surface area contributed by atoms with Gasteiger partial charge in [0.05, 0.1) is 18.3 Å². The average Bonchev–Trinajstić information content (AvgIpc) is 2.30. The van der Waals surface area contributed by atoms with E-state index in [1.54, 1.807) is 0 Å². The summed E-state index contributed by atoms with van der Waals surface area (Å²) in [5.74, 6) is 0. The molecule has 0 aromatic rings. The lowest BCUT2D eigenvalue weighted by Gasteiger charge is -2.41. The van der Waals surface area contributed by atoms with Gasteiger partial charge in [-0.1, -0.05) is 12.8 Å². The standard InChI is InChI=1S/C14H27NO2/c1-11(2)17-12-7-9-15(10-8-12)13-5-3-4-6-14(13)16/h11-14,16H,3-10H2,1-2H3/t13-,14-/m0/s1. The highest BCUT2D eigenvalue weighted by Crippen LogP contribution is 2.26. The first-order chi connectivity index (χ1) is 8.16. The maximum Gasteiger partial charge on any atom is 0.0695 e. The lowest BCUT2D eigenvalue weighted by atomic mass is 9.90. The lowest BCUT2D eigenvalue weighted by molar-refractivity contribution is -0.0527. The normalized spacial score (nSPS) is 33.2. The third kappa shape index (κ3) is 3.67. The Bertz CT molecular complexity index is 224. The summed E-state index contributed by atoms with van der Waals surface area (Å²) in [4.78, 5) is 2.49. The molecule has 1 N–H and O–H groups in total. The molecule has 1 aliphatic carbocycles. The van der Waals surface area contributed by atoms with Crippen molar-refractivity contribution in [3.05, 3.63) is 0 Å². The van der Waals surface area contributed by atoms with Crippen LogP contribution in [0.25, 0.3) is 0 Å². The minimum absolute atomic E-state index is 0.0914. The molecule has 1 saturated carbocycles. The van der Waals surface area contributed by atoms with Crippen LogP contribution in [-0.4, -0.2) is 47.4 Å². The summed E-state index contributed by atoms with van der Waals surface area (Å²) in [6.45, 7) is 6.41. The van der Waals surface area contributed by atoms with Crippen molar-refractivity contribution in [2.45, 2.75) is 76.7 Å². The predicted molar refractivity (Wildman–Crippen MR) is 69.1 cm³/mol. The van der Waals surface area contributed by atoms with E-state index in [-0.39, 0.29) is 6.10 Å². The zero-order valence-corrected chi connectivity index (χ0v) is 11.3. The smallest absolute Gasteiger partial charge is 0.0695 e. The highest BCUT2D eigenvalue weighted by molar-refractivity contribution is 4.86. The van der Waals surface area contributed by atoms with Crippen molar-refractivity contribution in [3.63, 3.8) is 0 Å². The van der Waals surface area contributed by atoms with Crippen molar-refractivity contribution in [1.82, 2.24) is 4.90 Å². The molecule has 0 unspecified atom stereocenters. The molecule has 2 atom stereocenters. The molecule has 0 aromatic heterocycles. The Hall–Kier alpha value is -0.120. The quantitative estimate of drug-likeness (QED) is 0.822. The van der Waals surface area contributed by atoms with Gasteiger partial charge in [-0.2, -0.15) is 0 Å². The van der Waals surface area contributed by atoms with E-state index < -0.39 is 0 Å². The Morgan fingerprint density at radius 3 is 2.29 bits per heavy atom. The second kappa shape index (κ2) is 6.17. The van der Waals surface area contributed by atoms with E-state index in [4.69, 9.17) is 4.74 Å². The van der Waals surface area contributed by atoms with Crippen LogP contribution in [0.1, 0.15) is 52.4 Å². The van der Waals surface area contributed by atoms with Crippen LogP contribution >= 0.6 is 0 Å². The molecular formula is C14H27NO2. The van der Waals surface area contributed by atoms with Crippen molar-refractivity contribution < 1.29 is 9.84 Å². The van der Waals surface area contributed by atoms with Crippen molar-refractivity contribution in [1.29, 1.82) is 0 Å². The van der Waals surface area contributed by atoms with Gasteiger partial charge in [-0.15, -0.1) is 0 Å². The summed E-state index contributed by atoms with van der Waals surface area (Å²) in [6, 6.07) is 0.420. The Morgan fingerprint density at radius 1 is 1.06 bits per heavy atom. The summed E-state index contributed by atoms with van der Waals surface area (Å²) in [6.07, 6.45) is 7.59. The number of hydrogen-bond donors (Lipinski definition) is 1. The number of nitrogens with zero attached hydrogens (tertiary/aromatic N) is 1. The molecule has 0 amide bonds. The van der Waals surface area contributed by atoms with Crippen LogP contribution in [0.15, 0.2) is 0 Å². The van der Waals surface area contributed by atoms with Crippen LogP contribution in [-0.2, 0) is 4.74 Å². The van der Waals surface area contributed by atoms with Crippen molar-refractivity contribution in [2.75, 3.05) is 13.1 Å². The predicted octanol–water partition coefficient (Wildman–Crippen LogP) is 2.18. The highest BCUT2D eigenvalue weighted by atomic mass is 16.5. The number of ether oxygens (including phenoxy) is 1. The number of aliphatic hydroxyl groups is 1. The molecule has 0 aromatic carbocycles. The number of likely N-dealkylation sites (tertiary alicyclic amines) is 1. The zero-order chi connectivity index (χ0) is 12.3.